The summed E-state index contributed by atoms with van der Waals surface area (Å²) in [6.45, 7) is 7.15. The van der Waals surface area contributed by atoms with Crippen LogP contribution in [0, 0.1) is 11.8 Å². The first kappa shape index (κ1) is 14.9. The second-order valence-corrected chi connectivity index (χ2v) is 4.59. The molecule has 0 heterocycles. The third-order valence-electron chi connectivity index (χ3n) is 3.38. The van der Waals surface area contributed by atoms with E-state index >= 15 is 0 Å². The highest BCUT2D eigenvalue weighted by atomic mass is 16.3. The molecule has 3 N–H and O–H groups in total. The highest BCUT2D eigenvalue weighted by Gasteiger charge is 2.24. The van der Waals surface area contributed by atoms with E-state index in [-0.39, 0.29) is 6.10 Å². The molecule has 0 bridgehead atoms. The van der Waals surface area contributed by atoms with Crippen LogP contribution in [0.4, 0.5) is 0 Å². The average Bonchev–Trinajstić information content (AvgIpc) is 2.26. The van der Waals surface area contributed by atoms with Gasteiger partial charge in [0.05, 0.1) is 6.10 Å². The van der Waals surface area contributed by atoms with Gasteiger partial charge in [0.25, 0.3) is 0 Å². The molecule has 0 spiro atoms. The summed E-state index contributed by atoms with van der Waals surface area (Å²) < 4.78 is 0. The van der Waals surface area contributed by atoms with Gasteiger partial charge >= 0.3 is 0 Å². The van der Waals surface area contributed by atoms with E-state index in [0.717, 1.165) is 25.7 Å². The Balaban J connectivity index is 4.13. The molecule has 0 saturated heterocycles. The molecule has 0 amide bonds. The van der Waals surface area contributed by atoms with Crippen LogP contribution in [0.25, 0.3) is 0 Å². The van der Waals surface area contributed by atoms with Gasteiger partial charge in [-0.05, 0) is 31.2 Å². The molecule has 0 aliphatic rings. The molecule has 2 heteroatoms. The Morgan fingerprint density at radius 3 is 2.07 bits per heavy atom. The smallest absolute Gasteiger partial charge is 0.0608 e. The maximum atomic E-state index is 10.2. The topological polar surface area (TPSA) is 46.2 Å². The van der Waals surface area contributed by atoms with Crippen LogP contribution in [0.3, 0.4) is 0 Å². The standard InChI is InChI=1S/C13H29NO/c1-4-7-9-11(6-3)13(15)12(10-14)8-5-2/h11-13,15H,4-10,14H2,1-3H3. The summed E-state index contributed by atoms with van der Waals surface area (Å²) in [5.74, 6) is 0.752. The molecule has 0 fully saturated rings. The van der Waals surface area contributed by atoms with Crippen molar-refractivity contribution >= 4 is 0 Å². The van der Waals surface area contributed by atoms with Crippen LogP contribution in [-0.4, -0.2) is 17.8 Å². The number of aliphatic hydroxyl groups excluding tert-OH is 1. The van der Waals surface area contributed by atoms with Crippen LogP contribution in [0.1, 0.15) is 59.3 Å². The fourth-order valence-corrected chi connectivity index (χ4v) is 2.27. The largest absolute Gasteiger partial charge is 0.393 e. The summed E-state index contributed by atoms with van der Waals surface area (Å²) in [4.78, 5) is 0. The molecular weight excluding hydrogens is 186 g/mol. The van der Waals surface area contributed by atoms with E-state index in [4.69, 9.17) is 5.73 Å². The summed E-state index contributed by atoms with van der Waals surface area (Å²) in [5, 5.41) is 10.2. The van der Waals surface area contributed by atoms with Gasteiger partial charge in [-0.1, -0.05) is 46.5 Å². The Morgan fingerprint density at radius 2 is 1.67 bits per heavy atom. The van der Waals surface area contributed by atoms with Gasteiger partial charge in [0, 0.05) is 0 Å². The molecule has 3 unspecified atom stereocenters. The van der Waals surface area contributed by atoms with Gasteiger partial charge in [-0.25, -0.2) is 0 Å². The Labute approximate surface area is 95.3 Å². The zero-order valence-corrected chi connectivity index (χ0v) is 10.7. The van der Waals surface area contributed by atoms with Crippen molar-refractivity contribution in [2.24, 2.45) is 17.6 Å². The molecule has 92 valence electrons. The van der Waals surface area contributed by atoms with Crippen LogP contribution in [-0.2, 0) is 0 Å². The molecule has 0 aliphatic heterocycles. The van der Waals surface area contributed by atoms with E-state index < -0.39 is 0 Å². The maximum absolute atomic E-state index is 10.2. The molecule has 0 aromatic rings. The van der Waals surface area contributed by atoms with Crippen molar-refractivity contribution < 1.29 is 5.11 Å². The van der Waals surface area contributed by atoms with Crippen LogP contribution >= 0.6 is 0 Å². The Bertz CT molecular complexity index is 138. The fourth-order valence-electron chi connectivity index (χ4n) is 2.27. The van der Waals surface area contributed by atoms with E-state index in [2.05, 4.69) is 20.8 Å². The first-order valence-electron chi connectivity index (χ1n) is 6.59. The SMILES string of the molecule is CCCCC(CC)C(O)C(CN)CCC. The van der Waals surface area contributed by atoms with Crippen molar-refractivity contribution in [3.05, 3.63) is 0 Å². The van der Waals surface area contributed by atoms with Crippen molar-refractivity contribution in [3.8, 4) is 0 Å². The van der Waals surface area contributed by atoms with Gasteiger partial charge in [-0.15, -0.1) is 0 Å². The van der Waals surface area contributed by atoms with Gasteiger partial charge in [0.1, 0.15) is 0 Å². The number of nitrogens with two attached hydrogens (primary N) is 1. The third-order valence-corrected chi connectivity index (χ3v) is 3.38. The predicted octanol–water partition coefficient (Wildman–Crippen LogP) is 2.94. The molecule has 0 radical (unpaired) electrons. The lowest BCUT2D eigenvalue weighted by atomic mass is 9.83. The minimum Gasteiger partial charge on any atom is -0.393 e. The molecule has 0 saturated carbocycles. The lowest BCUT2D eigenvalue weighted by Gasteiger charge is -2.28. The van der Waals surface area contributed by atoms with Crippen molar-refractivity contribution in [2.75, 3.05) is 6.54 Å². The van der Waals surface area contributed by atoms with Gasteiger partial charge < -0.3 is 10.8 Å². The predicted molar refractivity (Wildman–Crippen MR) is 66.8 cm³/mol. The number of aliphatic hydroxyl groups is 1. The molecule has 0 rings (SSSR count). The second kappa shape index (κ2) is 9.17. The van der Waals surface area contributed by atoms with Gasteiger partial charge in [-0.3, -0.25) is 0 Å². The maximum Gasteiger partial charge on any atom is 0.0608 e. The van der Waals surface area contributed by atoms with E-state index in [0.29, 0.717) is 18.4 Å². The number of hydrogen-bond acceptors (Lipinski definition) is 2. The van der Waals surface area contributed by atoms with Crippen LogP contribution in [0.15, 0.2) is 0 Å². The molecular formula is C13H29NO. The molecule has 0 aromatic carbocycles. The quantitative estimate of drug-likeness (QED) is 0.621. The summed E-state index contributed by atoms with van der Waals surface area (Å²) >= 11 is 0. The van der Waals surface area contributed by atoms with E-state index in [1.165, 1.54) is 12.8 Å². The monoisotopic (exact) mass is 215 g/mol. The summed E-state index contributed by atoms with van der Waals surface area (Å²) in [6.07, 6.45) is 6.63. The first-order valence-corrected chi connectivity index (χ1v) is 6.59. The van der Waals surface area contributed by atoms with E-state index in [1.54, 1.807) is 0 Å². The highest BCUT2D eigenvalue weighted by molar-refractivity contribution is 4.76. The van der Waals surface area contributed by atoms with E-state index in [1.807, 2.05) is 0 Å². The molecule has 15 heavy (non-hydrogen) atoms. The van der Waals surface area contributed by atoms with Crippen LogP contribution in [0.5, 0.6) is 0 Å². The Kier molecular flexibility index (Phi) is 9.12. The van der Waals surface area contributed by atoms with Crippen molar-refractivity contribution in [2.45, 2.75) is 65.4 Å². The fraction of sp³-hybridized carbons (Fsp3) is 1.00. The first-order chi connectivity index (χ1) is 7.21. The lowest BCUT2D eigenvalue weighted by molar-refractivity contribution is 0.0426. The lowest BCUT2D eigenvalue weighted by Crippen LogP contribution is -2.34. The summed E-state index contributed by atoms with van der Waals surface area (Å²) in [5.41, 5.74) is 5.72. The summed E-state index contributed by atoms with van der Waals surface area (Å²) in [6, 6.07) is 0. The zero-order chi connectivity index (χ0) is 11.7. The molecule has 0 aliphatic carbocycles. The Hall–Kier alpha value is -0.0800. The molecule has 2 nitrogen and oxygen atoms in total. The van der Waals surface area contributed by atoms with Crippen molar-refractivity contribution in [1.29, 1.82) is 0 Å². The van der Waals surface area contributed by atoms with Crippen LogP contribution < -0.4 is 5.73 Å². The molecule has 0 aromatic heterocycles. The second-order valence-electron chi connectivity index (χ2n) is 4.59. The third kappa shape index (κ3) is 5.53. The zero-order valence-electron chi connectivity index (χ0n) is 10.7. The minimum absolute atomic E-state index is 0.188. The van der Waals surface area contributed by atoms with Gasteiger partial charge in [0.15, 0.2) is 0 Å². The van der Waals surface area contributed by atoms with Crippen molar-refractivity contribution in [3.63, 3.8) is 0 Å². The number of hydrogen-bond donors (Lipinski definition) is 2. The minimum atomic E-state index is -0.188. The van der Waals surface area contributed by atoms with Crippen molar-refractivity contribution in [1.82, 2.24) is 0 Å². The van der Waals surface area contributed by atoms with Crippen LogP contribution in [0.2, 0.25) is 0 Å². The average molecular weight is 215 g/mol. The Morgan fingerprint density at radius 1 is 1.00 bits per heavy atom. The highest BCUT2D eigenvalue weighted by Crippen LogP contribution is 2.24. The molecule has 3 atom stereocenters. The van der Waals surface area contributed by atoms with Gasteiger partial charge in [0.2, 0.25) is 0 Å². The number of unbranched alkanes of at least 4 members (excludes halogenated alkanes) is 1. The van der Waals surface area contributed by atoms with E-state index in [9.17, 15) is 5.11 Å². The normalized spacial score (nSPS) is 17.4. The number of rotatable bonds is 9. The summed E-state index contributed by atoms with van der Waals surface area (Å²) in [7, 11) is 0. The van der Waals surface area contributed by atoms with Gasteiger partial charge in [-0.2, -0.15) is 0 Å².